The van der Waals surface area contributed by atoms with Crippen molar-refractivity contribution in [3.63, 3.8) is 0 Å². The molecule has 0 saturated heterocycles. The van der Waals surface area contributed by atoms with Gasteiger partial charge >= 0.3 is 0 Å². The number of nitrogens with one attached hydrogen (secondary N) is 1. The Labute approximate surface area is 139 Å². The zero-order valence-corrected chi connectivity index (χ0v) is 13.8. The second-order valence-electron chi connectivity index (χ2n) is 5.96. The van der Waals surface area contributed by atoms with E-state index in [-0.39, 0.29) is 0 Å². The fourth-order valence-electron chi connectivity index (χ4n) is 2.87. The molecule has 0 radical (unpaired) electrons. The van der Waals surface area contributed by atoms with Gasteiger partial charge in [-0.25, -0.2) is 0 Å². The third-order valence-corrected chi connectivity index (χ3v) is 4.14. The van der Waals surface area contributed by atoms with E-state index in [4.69, 9.17) is 0 Å². The molecule has 0 aliphatic carbocycles. The van der Waals surface area contributed by atoms with E-state index in [1.807, 2.05) is 6.07 Å². The summed E-state index contributed by atoms with van der Waals surface area (Å²) in [4.78, 5) is 0. The van der Waals surface area contributed by atoms with E-state index in [2.05, 4.69) is 85.9 Å². The van der Waals surface area contributed by atoms with Crippen LogP contribution in [0.25, 0.3) is 11.1 Å². The third kappa shape index (κ3) is 3.81. The van der Waals surface area contributed by atoms with Crippen molar-refractivity contribution < 1.29 is 0 Å². The molecule has 3 rings (SSSR count). The molecule has 0 aliphatic rings. The lowest BCUT2D eigenvalue weighted by atomic mass is 10.0. The monoisotopic (exact) mass is 301 g/mol. The van der Waals surface area contributed by atoms with Crippen LogP contribution in [0.5, 0.6) is 0 Å². The molecule has 0 unspecified atom stereocenters. The van der Waals surface area contributed by atoms with Gasteiger partial charge in [0.15, 0.2) is 0 Å². The average molecular weight is 301 g/mol. The molecule has 3 aromatic rings. The molecule has 0 aromatic heterocycles. The standard InChI is InChI=1S/C22H23N/c1-3-7-18-10-15-22(16-17(18)2)23-21-13-11-20(12-14-21)19-8-5-4-6-9-19/h4-6,8-16,23H,3,7H2,1-2H3. The maximum Gasteiger partial charge on any atom is 0.0387 e. The van der Waals surface area contributed by atoms with Crippen molar-refractivity contribution in [2.45, 2.75) is 26.7 Å². The van der Waals surface area contributed by atoms with Crippen molar-refractivity contribution in [3.8, 4) is 11.1 Å². The molecule has 0 saturated carbocycles. The summed E-state index contributed by atoms with van der Waals surface area (Å²) in [5, 5.41) is 3.49. The van der Waals surface area contributed by atoms with Gasteiger partial charge in [-0.3, -0.25) is 0 Å². The normalized spacial score (nSPS) is 10.5. The first-order chi connectivity index (χ1) is 11.3. The fraction of sp³-hybridized carbons (Fsp3) is 0.182. The summed E-state index contributed by atoms with van der Waals surface area (Å²) in [5.74, 6) is 0. The van der Waals surface area contributed by atoms with E-state index in [0.29, 0.717) is 0 Å². The topological polar surface area (TPSA) is 12.0 Å². The molecule has 1 heteroatoms. The lowest BCUT2D eigenvalue weighted by Gasteiger charge is -2.11. The van der Waals surface area contributed by atoms with Gasteiger partial charge < -0.3 is 5.32 Å². The molecular formula is C22H23N. The third-order valence-electron chi connectivity index (χ3n) is 4.14. The number of hydrogen-bond acceptors (Lipinski definition) is 1. The molecule has 0 fully saturated rings. The Hall–Kier alpha value is -2.54. The lowest BCUT2D eigenvalue weighted by Crippen LogP contribution is -1.94. The van der Waals surface area contributed by atoms with E-state index < -0.39 is 0 Å². The predicted octanol–water partition coefficient (Wildman–Crippen LogP) is 6.36. The molecule has 116 valence electrons. The maximum absolute atomic E-state index is 3.49. The van der Waals surface area contributed by atoms with Crippen LogP contribution in [0.2, 0.25) is 0 Å². The lowest BCUT2D eigenvalue weighted by molar-refractivity contribution is 0.913. The molecule has 0 heterocycles. The number of benzene rings is 3. The van der Waals surface area contributed by atoms with Crippen LogP contribution in [0.1, 0.15) is 24.5 Å². The van der Waals surface area contributed by atoms with Gasteiger partial charge in [0.25, 0.3) is 0 Å². The van der Waals surface area contributed by atoms with Crippen molar-refractivity contribution >= 4 is 11.4 Å². The number of rotatable bonds is 5. The first-order valence-corrected chi connectivity index (χ1v) is 8.28. The van der Waals surface area contributed by atoms with Gasteiger partial charge in [0.1, 0.15) is 0 Å². The first-order valence-electron chi connectivity index (χ1n) is 8.28. The van der Waals surface area contributed by atoms with E-state index in [9.17, 15) is 0 Å². The first kappa shape index (κ1) is 15.4. The fourth-order valence-corrected chi connectivity index (χ4v) is 2.87. The van der Waals surface area contributed by atoms with Crippen LogP contribution in [-0.2, 0) is 6.42 Å². The highest BCUT2D eigenvalue weighted by molar-refractivity contribution is 5.68. The van der Waals surface area contributed by atoms with Gasteiger partial charge in [-0.1, -0.05) is 61.9 Å². The van der Waals surface area contributed by atoms with Gasteiger partial charge in [-0.2, -0.15) is 0 Å². The second kappa shape index (κ2) is 7.15. The molecule has 3 aromatic carbocycles. The predicted molar refractivity (Wildman–Crippen MR) is 100 cm³/mol. The van der Waals surface area contributed by atoms with Crippen LogP contribution in [0.3, 0.4) is 0 Å². The quantitative estimate of drug-likeness (QED) is 0.578. The highest BCUT2D eigenvalue weighted by atomic mass is 14.9. The molecule has 0 aliphatic heterocycles. The Morgan fingerprint density at radius 2 is 1.39 bits per heavy atom. The van der Waals surface area contributed by atoms with Crippen molar-refractivity contribution in [1.82, 2.24) is 0 Å². The van der Waals surface area contributed by atoms with Crippen LogP contribution in [-0.4, -0.2) is 0 Å². The Kier molecular flexibility index (Phi) is 4.77. The van der Waals surface area contributed by atoms with E-state index in [1.165, 1.54) is 28.7 Å². The summed E-state index contributed by atoms with van der Waals surface area (Å²) in [7, 11) is 0. The maximum atomic E-state index is 3.49. The summed E-state index contributed by atoms with van der Waals surface area (Å²) in [6.45, 7) is 4.41. The zero-order valence-electron chi connectivity index (χ0n) is 13.8. The Balaban J connectivity index is 1.75. The SMILES string of the molecule is CCCc1ccc(Nc2ccc(-c3ccccc3)cc2)cc1C. The van der Waals surface area contributed by atoms with E-state index in [0.717, 1.165) is 17.8 Å². The summed E-state index contributed by atoms with van der Waals surface area (Å²) >= 11 is 0. The van der Waals surface area contributed by atoms with Crippen LogP contribution in [0, 0.1) is 6.92 Å². The molecule has 0 atom stereocenters. The number of anilines is 2. The minimum absolute atomic E-state index is 1.12. The number of aryl methyl sites for hydroxylation is 2. The molecule has 0 amide bonds. The zero-order chi connectivity index (χ0) is 16.1. The van der Waals surface area contributed by atoms with Crippen molar-refractivity contribution in [2.24, 2.45) is 0 Å². The van der Waals surface area contributed by atoms with Crippen molar-refractivity contribution in [1.29, 1.82) is 0 Å². The van der Waals surface area contributed by atoms with Gasteiger partial charge in [0, 0.05) is 11.4 Å². The minimum Gasteiger partial charge on any atom is -0.356 e. The molecule has 0 bridgehead atoms. The molecule has 0 spiro atoms. The highest BCUT2D eigenvalue weighted by Gasteiger charge is 2.01. The molecule has 1 N–H and O–H groups in total. The van der Waals surface area contributed by atoms with Gasteiger partial charge in [-0.05, 0) is 59.9 Å². The van der Waals surface area contributed by atoms with Gasteiger partial charge in [0.2, 0.25) is 0 Å². The van der Waals surface area contributed by atoms with Crippen LogP contribution < -0.4 is 5.32 Å². The average Bonchev–Trinajstić information content (AvgIpc) is 2.59. The van der Waals surface area contributed by atoms with Crippen molar-refractivity contribution in [2.75, 3.05) is 5.32 Å². The largest absolute Gasteiger partial charge is 0.356 e. The Bertz CT molecular complexity index is 758. The molecular weight excluding hydrogens is 278 g/mol. The Morgan fingerprint density at radius 3 is 2.04 bits per heavy atom. The molecule has 23 heavy (non-hydrogen) atoms. The summed E-state index contributed by atoms with van der Waals surface area (Å²) in [5.41, 5.74) is 7.56. The minimum atomic E-state index is 1.12. The van der Waals surface area contributed by atoms with Gasteiger partial charge in [0.05, 0.1) is 0 Å². The van der Waals surface area contributed by atoms with Crippen molar-refractivity contribution in [3.05, 3.63) is 83.9 Å². The van der Waals surface area contributed by atoms with E-state index in [1.54, 1.807) is 0 Å². The molecule has 1 nitrogen and oxygen atoms in total. The van der Waals surface area contributed by atoms with Crippen LogP contribution >= 0.6 is 0 Å². The number of hydrogen-bond donors (Lipinski definition) is 1. The smallest absolute Gasteiger partial charge is 0.0387 e. The van der Waals surface area contributed by atoms with Crippen LogP contribution in [0.15, 0.2) is 72.8 Å². The van der Waals surface area contributed by atoms with Gasteiger partial charge in [-0.15, -0.1) is 0 Å². The summed E-state index contributed by atoms with van der Waals surface area (Å²) in [6, 6.07) is 25.7. The summed E-state index contributed by atoms with van der Waals surface area (Å²) in [6.07, 6.45) is 2.34. The van der Waals surface area contributed by atoms with E-state index >= 15 is 0 Å². The van der Waals surface area contributed by atoms with Crippen LogP contribution in [0.4, 0.5) is 11.4 Å². The Morgan fingerprint density at radius 1 is 0.739 bits per heavy atom. The second-order valence-corrected chi connectivity index (χ2v) is 5.96. The summed E-state index contributed by atoms with van der Waals surface area (Å²) < 4.78 is 0. The highest BCUT2D eigenvalue weighted by Crippen LogP contribution is 2.24.